The molecule has 1 heterocycles. The fourth-order valence-corrected chi connectivity index (χ4v) is 2.46. The second-order valence-corrected chi connectivity index (χ2v) is 4.62. The zero-order valence-electron chi connectivity index (χ0n) is 10.7. The summed E-state index contributed by atoms with van der Waals surface area (Å²) in [5.41, 5.74) is 0.745. The summed E-state index contributed by atoms with van der Waals surface area (Å²) in [4.78, 5) is 12.8. The van der Waals surface area contributed by atoms with Gasteiger partial charge in [-0.1, -0.05) is 54.6 Å². The first-order valence-corrected chi connectivity index (χ1v) is 6.33. The van der Waals surface area contributed by atoms with Crippen molar-refractivity contribution >= 4 is 11.9 Å². The van der Waals surface area contributed by atoms with E-state index in [2.05, 4.69) is 11.4 Å². The van der Waals surface area contributed by atoms with Gasteiger partial charge < -0.3 is 5.32 Å². The number of nitrogens with one attached hydrogen (secondary N) is 1. The van der Waals surface area contributed by atoms with E-state index in [1.807, 2.05) is 36.4 Å². The van der Waals surface area contributed by atoms with Crippen LogP contribution < -0.4 is 5.32 Å². The monoisotopic (exact) mass is 260 g/mol. The highest BCUT2D eigenvalue weighted by atomic mass is 16.1. The van der Waals surface area contributed by atoms with Gasteiger partial charge in [-0.05, 0) is 17.8 Å². The first-order chi connectivity index (χ1) is 9.78. The highest BCUT2D eigenvalue weighted by Gasteiger charge is 2.42. The van der Waals surface area contributed by atoms with Gasteiger partial charge in [0.05, 0.1) is 0 Å². The van der Waals surface area contributed by atoms with Crippen molar-refractivity contribution in [2.45, 2.75) is 5.54 Å². The molecule has 0 radical (unpaired) electrons. The Morgan fingerprint density at radius 1 is 1.05 bits per heavy atom. The van der Waals surface area contributed by atoms with E-state index in [1.165, 1.54) is 0 Å². The lowest BCUT2D eigenvalue weighted by Gasteiger charge is -2.30. The minimum Gasteiger partial charge on any atom is -0.363 e. The van der Waals surface area contributed by atoms with Crippen molar-refractivity contribution in [1.29, 1.82) is 5.26 Å². The topological polar surface area (TPSA) is 52.9 Å². The molecule has 96 valence electrons. The maximum Gasteiger partial charge on any atom is 0.214 e. The second-order valence-electron chi connectivity index (χ2n) is 4.62. The number of ketones is 1. The molecule has 3 rings (SSSR count). The van der Waals surface area contributed by atoms with Gasteiger partial charge in [-0.3, -0.25) is 4.79 Å². The van der Waals surface area contributed by atoms with Gasteiger partial charge in [-0.2, -0.15) is 5.26 Å². The van der Waals surface area contributed by atoms with Crippen molar-refractivity contribution in [2.75, 3.05) is 0 Å². The Morgan fingerprint density at radius 3 is 2.50 bits per heavy atom. The number of carbonyl (C=O) groups excluding carboxylic acids is 1. The van der Waals surface area contributed by atoms with Gasteiger partial charge in [0.25, 0.3) is 0 Å². The summed E-state index contributed by atoms with van der Waals surface area (Å²) in [6.07, 6.45) is 3.52. The van der Waals surface area contributed by atoms with Crippen molar-refractivity contribution < 1.29 is 4.79 Å². The van der Waals surface area contributed by atoms with Gasteiger partial charge in [0, 0.05) is 11.1 Å². The Labute approximate surface area is 117 Å². The molecule has 0 aromatic heterocycles. The number of nitrogens with zero attached hydrogens (tertiary/aromatic N) is 1. The van der Waals surface area contributed by atoms with E-state index >= 15 is 0 Å². The molecule has 2 aromatic carbocycles. The molecule has 1 N–H and O–H groups in total. The SMILES string of the molecule is N#CC1(C(=O)c2ccccc2)NC=Cc2ccccc21. The third-order valence-corrected chi connectivity index (χ3v) is 3.47. The summed E-state index contributed by atoms with van der Waals surface area (Å²) >= 11 is 0. The van der Waals surface area contributed by atoms with Gasteiger partial charge in [0.15, 0.2) is 0 Å². The zero-order chi connectivity index (χ0) is 14.0. The first-order valence-electron chi connectivity index (χ1n) is 6.33. The molecular formula is C17H12N2O. The Kier molecular flexibility index (Phi) is 2.85. The van der Waals surface area contributed by atoms with Crippen molar-refractivity contribution in [3.05, 3.63) is 77.5 Å². The molecule has 0 bridgehead atoms. The Morgan fingerprint density at radius 2 is 1.75 bits per heavy atom. The molecule has 3 nitrogen and oxygen atoms in total. The molecule has 0 amide bonds. The van der Waals surface area contributed by atoms with Crippen molar-refractivity contribution in [1.82, 2.24) is 5.32 Å². The van der Waals surface area contributed by atoms with Crippen LogP contribution in [-0.4, -0.2) is 5.78 Å². The van der Waals surface area contributed by atoms with E-state index in [0.717, 1.165) is 5.56 Å². The van der Waals surface area contributed by atoms with E-state index in [0.29, 0.717) is 11.1 Å². The van der Waals surface area contributed by atoms with Gasteiger partial charge >= 0.3 is 0 Å². The van der Waals surface area contributed by atoms with Crippen LogP contribution in [0.4, 0.5) is 0 Å². The van der Waals surface area contributed by atoms with E-state index < -0.39 is 5.54 Å². The summed E-state index contributed by atoms with van der Waals surface area (Å²) in [5, 5.41) is 12.6. The summed E-state index contributed by atoms with van der Waals surface area (Å²) in [7, 11) is 0. The number of benzene rings is 2. The standard InChI is InChI=1S/C17H12N2O/c18-12-17(16(20)14-7-2-1-3-8-14)15-9-5-4-6-13(15)10-11-19-17/h1-11,19H. The Balaban J connectivity index is 2.17. The molecule has 1 aliphatic heterocycles. The smallest absolute Gasteiger partial charge is 0.214 e. The molecule has 0 spiro atoms. The third-order valence-electron chi connectivity index (χ3n) is 3.47. The van der Waals surface area contributed by atoms with Gasteiger partial charge in [-0.25, -0.2) is 0 Å². The molecule has 0 saturated heterocycles. The lowest BCUT2D eigenvalue weighted by molar-refractivity contribution is 0.0906. The zero-order valence-corrected chi connectivity index (χ0v) is 10.7. The van der Waals surface area contributed by atoms with E-state index in [9.17, 15) is 10.1 Å². The van der Waals surface area contributed by atoms with Crippen LogP contribution in [0.3, 0.4) is 0 Å². The van der Waals surface area contributed by atoms with Crippen LogP contribution in [0.1, 0.15) is 21.5 Å². The number of fused-ring (bicyclic) bond motifs is 1. The molecule has 0 saturated carbocycles. The number of nitriles is 1. The fourth-order valence-electron chi connectivity index (χ4n) is 2.46. The minimum atomic E-state index is -1.35. The summed E-state index contributed by atoms with van der Waals surface area (Å²) in [6.45, 7) is 0. The first kappa shape index (κ1) is 12.2. The lowest BCUT2D eigenvalue weighted by Crippen LogP contribution is -2.47. The minimum absolute atomic E-state index is 0.239. The fraction of sp³-hybridized carbons (Fsp3) is 0.0588. The van der Waals surface area contributed by atoms with E-state index in [-0.39, 0.29) is 5.78 Å². The predicted octanol–water partition coefficient (Wildman–Crippen LogP) is 2.86. The molecule has 3 heteroatoms. The second kappa shape index (κ2) is 4.67. The quantitative estimate of drug-likeness (QED) is 0.845. The maximum absolute atomic E-state index is 12.8. The summed E-state index contributed by atoms with van der Waals surface area (Å²) in [6, 6.07) is 18.5. The summed E-state index contributed by atoms with van der Waals surface area (Å²) < 4.78 is 0. The molecule has 1 atom stereocenters. The van der Waals surface area contributed by atoms with Crippen LogP contribution in [0.25, 0.3) is 6.08 Å². The van der Waals surface area contributed by atoms with Crippen LogP contribution in [0, 0.1) is 11.3 Å². The van der Waals surface area contributed by atoms with E-state index in [4.69, 9.17) is 0 Å². The molecule has 0 fully saturated rings. The predicted molar refractivity (Wildman–Crippen MR) is 76.7 cm³/mol. The lowest BCUT2D eigenvalue weighted by atomic mass is 9.80. The van der Waals surface area contributed by atoms with Crippen LogP contribution in [0.2, 0.25) is 0 Å². The molecular weight excluding hydrogens is 248 g/mol. The van der Waals surface area contributed by atoms with Crippen LogP contribution >= 0.6 is 0 Å². The Bertz CT molecular complexity index is 728. The highest BCUT2D eigenvalue weighted by molar-refractivity contribution is 6.06. The molecule has 20 heavy (non-hydrogen) atoms. The molecule has 1 aliphatic rings. The number of hydrogen-bond donors (Lipinski definition) is 1. The van der Waals surface area contributed by atoms with Crippen molar-refractivity contribution in [3.63, 3.8) is 0 Å². The number of carbonyl (C=O) groups is 1. The molecule has 2 aromatic rings. The van der Waals surface area contributed by atoms with Crippen LogP contribution in [0.5, 0.6) is 0 Å². The van der Waals surface area contributed by atoms with Gasteiger partial charge in [-0.15, -0.1) is 0 Å². The Hall–Kier alpha value is -2.86. The average molecular weight is 260 g/mol. The number of Topliss-reactive ketones (excluding diaryl/α,β-unsaturated/α-hetero) is 1. The van der Waals surface area contributed by atoms with Crippen LogP contribution in [0.15, 0.2) is 60.8 Å². The van der Waals surface area contributed by atoms with Crippen LogP contribution in [-0.2, 0) is 5.54 Å². The molecule has 1 unspecified atom stereocenters. The van der Waals surface area contributed by atoms with Gasteiger partial charge in [0.2, 0.25) is 11.3 Å². The molecule has 0 aliphatic carbocycles. The third kappa shape index (κ3) is 1.70. The largest absolute Gasteiger partial charge is 0.363 e. The number of rotatable bonds is 2. The van der Waals surface area contributed by atoms with E-state index in [1.54, 1.807) is 30.5 Å². The average Bonchev–Trinajstić information content (AvgIpc) is 2.54. The maximum atomic E-state index is 12.8. The van der Waals surface area contributed by atoms with Gasteiger partial charge in [0.1, 0.15) is 6.07 Å². The normalized spacial score (nSPS) is 19.6. The number of hydrogen-bond acceptors (Lipinski definition) is 3. The van der Waals surface area contributed by atoms with Crippen molar-refractivity contribution in [2.24, 2.45) is 0 Å². The summed E-state index contributed by atoms with van der Waals surface area (Å²) in [5.74, 6) is -0.239. The van der Waals surface area contributed by atoms with Crippen molar-refractivity contribution in [3.8, 4) is 6.07 Å². The highest BCUT2D eigenvalue weighted by Crippen LogP contribution is 2.31.